The van der Waals surface area contributed by atoms with Crippen LogP contribution in [0.25, 0.3) is 0 Å². The molecular formula is C30H31Cl2N3O6S. The van der Waals surface area contributed by atoms with Crippen LogP contribution in [0, 0.1) is 0 Å². The smallest absolute Gasteiger partial charge is 0.341 e. The Morgan fingerprint density at radius 1 is 0.952 bits per heavy atom. The van der Waals surface area contributed by atoms with Crippen molar-refractivity contribution in [2.45, 2.75) is 52.6 Å². The van der Waals surface area contributed by atoms with Gasteiger partial charge >= 0.3 is 17.8 Å². The molecule has 2 N–H and O–H groups in total. The number of carbonyl (C=O) groups excluding carboxylic acids is 3. The van der Waals surface area contributed by atoms with Gasteiger partial charge in [-0.25, -0.2) is 10.2 Å². The van der Waals surface area contributed by atoms with Crippen molar-refractivity contribution >= 4 is 63.5 Å². The average Bonchev–Trinajstić information content (AvgIpc) is 3.13. The van der Waals surface area contributed by atoms with Gasteiger partial charge in [0.15, 0.2) is 11.5 Å². The summed E-state index contributed by atoms with van der Waals surface area (Å²) in [7, 11) is 0. The van der Waals surface area contributed by atoms with Crippen LogP contribution in [0.1, 0.15) is 65.0 Å². The first-order chi connectivity index (χ1) is 20.3. The first-order valence-electron chi connectivity index (χ1n) is 13.6. The molecule has 1 aliphatic carbocycles. The number of fused-ring (bicyclic) bond motifs is 1. The van der Waals surface area contributed by atoms with E-state index in [2.05, 4.69) is 15.8 Å². The Labute approximate surface area is 258 Å². The molecule has 4 rings (SSSR count). The van der Waals surface area contributed by atoms with E-state index in [0.717, 1.165) is 48.1 Å². The van der Waals surface area contributed by atoms with Crippen LogP contribution in [-0.4, -0.2) is 37.2 Å². The monoisotopic (exact) mass is 631 g/mol. The number of hydrogen-bond acceptors (Lipinski definition) is 8. The molecule has 42 heavy (non-hydrogen) atoms. The van der Waals surface area contributed by atoms with E-state index >= 15 is 0 Å². The van der Waals surface area contributed by atoms with E-state index in [0.29, 0.717) is 44.3 Å². The summed E-state index contributed by atoms with van der Waals surface area (Å²) in [6, 6.07) is 10.3. The van der Waals surface area contributed by atoms with Crippen LogP contribution in [0.15, 0.2) is 41.5 Å². The van der Waals surface area contributed by atoms with E-state index in [1.165, 1.54) is 17.6 Å². The number of nitrogens with zero attached hydrogens (tertiary/aromatic N) is 1. The second-order valence-electron chi connectivity index (χ2n) is 9.31. The summed E-state index contributed by atoms with van der Waals surface area (Å²) >= 11 is 13.5. The zero-order valence-electron chi connectivity index (χ0n) is 23.3. The number of hydrazone groups is 1. The number of aryl methyl sites for hydroxylation is 1. The van der Waals surface area contributed by atoms with Gasteiger partial charge in [-0.05, 0) is 81.0 Å². The molecule has 1 aromatic heterocycles. The second kappa shape index (κ2) is 15.0. The normalized spacial score (nSPS) is 12.8. The van der Waals surface area contributed by atoms with Crippen molar-refractivity contribution in [3.8, 4) is 11.5 Å². The predicted molar refractivity (Wildman–Crippen MR) is 164 cm³/mol. The third-order valence-corrected chi connectivity index (χ3v) is 8.17. The lowest BCUT2D eigenvalue weighted by Gasteiger charge is -2.13. The van der Waals surface area contributed by atoms with Crippen LogP contribution < -0.4 is 20.2 Å². The lowest BCUT2D eigenvalue weighted by atomic mass is 10.1. The molecule has 0 aliphatic heterocycles. The number of rotatable bonds is 10. The second-order valence-corrected chi connectivity index (χ2v) is 11.3. The molecule has 0 atom stereocenters. The number of halogens is 2. The molecule has 9 nitrogen and oxygen atoms in total. The number of amides is 2. The summed E-state index contributed by atoms with van der Waals surface area (Å²) in [5.41, 5.74) is 4.84. The molecule has 1 heterocycles. The van der Waals surface area contributed by atoms with Crippen LogP contribution >= 0.6 is 34.5 Å². The summed E-state index contributed by atoms with van der Waals surface area (Å²) < 4.78 is 16.9. The number of esters is 1. The summed E-state index contributed by atoms with van der Waals surface area (Å²) in [5.74, 6) is -1.45. The van der Waals surface area contributed by atoms with E-state index in [1.54, 1.807) is 43.3 Å². The molecule has 0 spiro atoms. The van der Waals surface area contributed by atoms with Gasteiger partial charge in [-0.3, -0.25) is 9.59 Å². The van der Waals surface area contributed by atoms with E-state index in [9.17, 15) is 14.4 Å². The Bertz CT molecular complexity index is 1490. The molecule has 0 unspecified atom stereocenters. The lowest BCUT2D eigenvalue weighted by Crippen LogP contribution is -2.32. The van der Waals surface area contributed by atoms with Gasteiger partial charge in [0, 0.05) is 20.5 Å². The van der Waals surface area contributed by atoms with Gasteiger partial charge in [-0.1, -0.05) is 35.7 Å². The average molecular weight is 633 g/mol. The molecule has 3 aromatic rings. The van der Waals surface area contributed by atoms with Crippen molar-refractivity contribution in [2.75, 3.05) is 18.5 Å². The molecule has 0 bridgehead atoms. The Balaban J connectivity index is 1.40. The van der Waals surface area contributed by atoms with Crippen molar-refractivity contribution in [2.24, 2.45) is 5.10 Å². The van der Waals surface area contributed by atoms with Gasteiger partial charge in [0.1, 0.15) is 11.6 Å². The highest BCUT2D eigenvalue weighted by Gasteiger charge is 2.28. The number of benzene rings is 2. The Morgan fingerprint density at radius 3 is 2.52 bits per heavy atom. The first kappa shape index (κ1) is 31.3. The van der Waals surface area contributed by atoms with E-state index < -0.39 is 17.8 Å². The van der Waals surface area contributed by atoms with Gasteiger partial charge in [0.2, 0.25) is 0 Å². The van der Waals surface area contributed by atoms with Crippen molar-refractivity contribution in [3.63, 3.8) is 0 Å². The lowest BCUT2D eigenvalue weighted by molar-refractivity contribution is -0.136. The third kappa shape index (κ3) is 8.02. The van der Waals surface area contributed by atoms with Gasteiger partial charge < -0.3 is 19.5 Å². The first-order valence-corrected chi connectivity index (χ1v) is 15.2. The van der Waals surface area contributed by atoms with Crippen LogP contribution in [0.5, 0.6) is 11.5 Å². The van der Waals surface area contributed by atoms with Gasteiger partial charge in [-0.2, -0.15) is 5.10 Å². The van der Waals surface area contributed by atoms with Gasteiger partial charge in [0.05, 0.1) is 25.0 Å². The SMILES string of the molecule is CCOC(=O)c1c(NC(=O)C(=O)N/N=C/c2ccc(OCc3ccc(Cl)cc3Cl)c(OCC)c2)sc2c1CCCCC2. The minimum Gasteiger partial charge on any atom is -0.490 e. The molecule has 0 saturated heterocycles. The topological polar surface area (TPSA) is 115 Å². The van der Waals surface area contributed by atoms with Crippen molar-refractivity contribution < 1.29 is 28.6 Å². The molecule has 0 fully saturated rings. The largest absolute Gasteiger partial charge is 0.490 e. The highest BCUT2D eigenvalue weighted by atomic mass is 35.5. The maximum absolute atomic E-state index is 12.7. The van der Waals surface area contributed by atoms with Crippen molar-refractivity contribution in [1.82, 2.24) is 5.43 Å². The van der Waals surface area contributed by atoms with Crippen molar-refractivity contribution in [1.29, 1.82) is 0 Å². The Morgan fingerprint density at radius 2 is 1.76 bits per heavy atom. The van der Waals surface area contributed by atoms with Crippen LogP contribution in [0.2, 0.25) is 10.0 Å². The van der Waals surface area contributed by atoms with Crippen molar-refractivity contribution in [3.05, 3.63) is 73.6 Å². The molecule has 12 heteroatoms. The third-order valence-electron chi connectivity index (χ3n) is 6.38. The zero-order valence-corrected chi connectivity index (χ0v) is 25.6. The molecule has 0 saturated carbocycles. The zero-order chi connectivity index (χ0) is 30.1. The molecule has 1 aliphatic rings. The van der Waals surface area contributed by atoms with Crippen LogP contribution in [-0.2, 0) is 33.8 Å². The quantitative estimate of drug-likeness (QED) is 0.0860. The fourth-order valence-electron chi connectivity index (χ4n) is 4.41. The molecule has 2 amide bonds. The number of nitrogens with one attached hydrogen (secondary N) is 2. The van der Waals surface area contributed by atoms with Crippen LogP contribution in [0.4, 0.5) is 5.00 Å². The van der Waals surface area contributed by atoms with Gasteiger partial charge in [0.25, 0.3) is 0 Å². The number of ether oxygens (including phenoxy) is 3. The highest BCUT2D eigenvalue weighted by Crippen LogP contribution is 2.38. The maximum Gasteiger partial charge on any atom is 0.341 e. The molecular weight excluding hydrogens is 601 g/mol. The standard InChI is InChI=1S/C30H31Cl2N3O6S/c1-3-39-24-14-18(10-13-23(24)41-17-19-11-12-20(31)15-22(19)32)16-33-35-28(37)27(36)34-29-26(30(38)40-4-2)21-8-6-5-7-9-25(21)42-29/h10-16H,3-9,17H2,1-2H3,(H,34,36)(H,35,37)/b33-16+. The van der Waals surface area contributed by atoms with E-state index in [-0.39, 0.29) is 13.2 Å². The van der Waals surface area contributed by atoms with Gasteiger partial charge in [-0.15, -0.1) is 11.3 Å². The Hall–Kier alpha value is -3.60. The summed E-state index contributed by atoms with van der Waals surface area (Å²) in [6.45, 7) is 4.39. The minimum absolute atomic E-state index is 0.208. The molecule has 222 valence electrons. The van der Waals surface area contributed by atoms with Crippen LogP contribution in [0.3, 0.4) is 0 Å². The summed E-state index contributed by atoms with van der Waals surface area (Å²) in [5, 5.41) is 7.85. The number of anilines is 1. The Kier molecular flexibility index (Phi) is 11.2. The fraction of sp³-hybridized carbons (Fsp3) is 0.333. The summed E-state index contributed by atoms with van der Waals surface area (Å²) in [6.07, 6.45) is 5.97. The highest BCUT2D eigenvalue weighted by molar-refractivity contribution is 7.17. The fourth-order valence-corrected chi connectivity index (χ4v) is 6.15. The predicted octanol–water partition coefficient (Wildman–Crippen LogP) is 6.57. The molecule has 0 radical (unpaired) electrons. The van der Waals surface area contributed by atoms with E-state index in [1.807, 2.05) is 6.92 Å². The number of thiophene rings is 1. The summed E-state index contributed by atoms with van der Waals surface area (Å²) in [4.78, 5) is 39.0. The molecule has 2 aromatic carbocycles. The number of hydrogen-bond donors (Lipinski definition) is 2. The minimum atomic E-state index is -0.977. The maximum atomic E-state index is 12.7. The van der Waals surface area contributed by atoms with E-state index in [4.69, 9.17) is 37.4 Å². The number of carbonyl (C=O) groups is 3.